The standard InChI is InChI=1S/C30H28FN5O4/c31-23-12-17(14-35-15-20(16-35)18-6-8-21(32)9-7-18)4-5-19(23)13-33-24-3-1-2-22-27(24)30(40)36(29(22)39)25-10-11-26(37)34-28(25)38/h1-9,12,20,25,33H,10-11,13-16,32H2,(H,34,37,38). The average Bonchev–Trinajstić information content (AvgIpc) is 3.16. The first-order valence-corrected chi connectivity index (χ1v) is 13.2. The summed E-state index contributed by atoms with van der Waals surface area (Å²) in [7, 11) is 0. The number of nitrogens with one attached hydrogen (secondary N) is 2. The van der Waals surface area contributed by atoms with Crippen molar-refractivity contribution < 1.29 is 23.6 Å². The van der Waals surface area contributed by atoms with Crippen LogP contribution in [0.4, 0.5) is 15.8 Å². The summed E-state index contributed by atoms with van der Waals surface area (Å²) in [6.07, 6.45) is 0.126. The lowest BCUT2D eigenvalue weighted by Crippen LogP contribution is -2.54. The van der Waals surface area contributed by atoms with Crippen LogP contribution < -0.4 is 16.4 Å². The highest BCUT2D eigenvalue weighted by Gasteiger charge is 2.45. The molecule has 0 saturated carbocycles. The Morgan fingerprint density at radius 1 is 0.975 bits per heavy atom. The highest BCUT2D eigenvalue weighted by molar-refractivity contribution is 6.25. The molecule has 1 atom stereocenters. The molecule has 3 aromatic carbocycles. The van der Waals surface area contributed by atoms with Crippen molar-refractivity contribution in [3.63, 3.8) is 0 Å². The van der Waals surface area contributed by atoms with Crippen LogP contribution in [0.1, 0.15) is 56.2 Å². The van der Waals surface area contributed by atoms with Crippen molar-refractivity contribution in [2.75, 3.05) is 24.1 Å². The molecule has 0 aliphatic carbocycles. The number of piperidine rings is 1. The van der Waals surface area contributed by atoms with Gasteiger partial charge in [0, 0.05) is 55.5 Å². The maximum absolute atomic E-state index is 15.0. The van der Waals surface area contributed by atoms with Crippen molar-refractivity contribution >= 4 is 35.0 Å². The summed E-state index contributed by atoms with van der Waals surface area (Å²) in [6.45, 7) is 2.55. The molecule has 6 rings (SSSR count). The molecule has 3 aromatic rings. The first-order valence-electron chi connectivity index (χ1n) is 13.2. The van der Waals surface area contributed by atoms with Crippen molar-refractivity contribution in [1.29, 1.82) is 0 Å². The smallest absolute Gasteiger partial charge is 0.264 e. The SMILES string of the molecule is Nc1ccc(C2CN(Cc3ccc(CNc4cccc5c4C(=O)N(C4CCC(=O)NC4=O)C5=O)c(F)c3)C2)cc1. The number of benzene rings is 3. The highest BCUT2D eigenvalue weighted by atomic mass is 19.1. The Bertz CT molecular complexity index is 1530. The maximum atomic E-state index is 15.0. The summed E-state index contributed by atoms with van der Waals surface area (Å²) in [6, 6.07) is 16.8. The van der Waals surface area contributed by atoms with E-state index in [1.54, 1.807) is 18.2 Å². The number of imide groups is 2. The van der Waals surface area contributed by atoms with Crippen LogP contribution in [-0.4, -0.2) is 52.6 Å². The Kier molecular flexibility index (Phi) is 6.55. The topological polar surface area (TPSA) is 125 Å². The van der Waals surface area contributed by atoms with E-state index in [1.165, 1.54) is 17.7 Å². The predicted octanol–water partition coefficient (Wildman–Crippen LogP) is 3.02. The van der Waals surface area contributed by atoms with Gasteiger partial charge in [0.05, 0.1) is 11.1 Å². The van der Waals surface area contributed by atoms with E-state index in [-0.39, 0.29) is 36.3 Å². The molecule has 1 unspecified atom stereocenters. The molecule has 9 nitrogen and oxygen atoms in total. The molecular formula is C30H28FN5O4. The van der Waals surface area contributed by atoms with Gasteiger partial charge in [0.1, 0.15) is 11.9 Å². The molecule has 2 saturated heterocycles. The number of hydrogen-bond donors (Lipinski definition) is 3. The molecule has 0 bridgehead atoms. The average molecular weight is 542 g/mol. The Labute approximate surface area is 230 Å². The molecular weight excluding hydrogens is 513 g/mol. The van der Waals surface area contributed by atoms with Gasteiger partial charge >= 0.3 is 0 Å². The predicted molar refractivity (Wildman–Crippen MR) is 146 cm³/mol. The van der Waals surface area contributed by atoms with Gasteiger partial charge in [0.2, 0.25) is 11.8 Å². The number of rotatable bonds is 7. The number of carbonyl (C=O) groups excluding carboxylic acids is 4. The van der Waals surface area contributed by atoms with Crippen LogP contribution in [0, 0.1) is 5.82 Å². The first kappa shape index (κ1) is 25.7. The number of anilines is 2. The van der Waals surface area contributed by atoms with E-state index in [9.17, 15) is 19.2 Å². The number of likely N-dealkylation sites (tertiary alicyclic amines) is 1. The molecule has 2 fully saturated rings. The Morgan fingerprint density at radius 3 is 2.48 bits per heavy atom. The summed E-state index contributed by atoms with van der Waals surface area (Å²) in [4.78, 5) is 53.3. The number of nitrogens with two attached hydrogens (primary N) is 1. The number of carbonyl (C=O) groups is 4. The Hall–Kier alpha value is -4.57. The maximum Gasteiger partial charge on any atom is 0.264 e. The molecule has 204 valence electrons. The minimum absolute atomic E-state index is 0.0467. The second-order valence-corrected chi connectivity index (χ2v) is 10.5. The molecule has 3 heterocycles. The van der Waals surface area contributed by atoms with Crippen LogP contribution in [0.15, 0.2) is 60.7 Å². The fourth-order valence-electron chi connectivity index (χ4n) is 5.62. The highest BCUT2D eigenvalue weighted by Crippen LogP contribution is 2.33. The Morgan fingerprint density at radius 2 is 1.75 bits per heavy atom. The molecule has 40 heavy (non-hydrogen) atoms. The van der Waals surface area contributed by atoms with E-state index in [0.29, 0.717) is 23.7 Å². The third kappa shape index (κ3) is 4.71. The van der Waals surface area contributed by atoms with Crippen molar-refractivity contribution in [1.82, 2.24) is 15.1 Å². The van der Waals surface area contributed by atoms with E-state index in [4.69, 9.17) is 5.73 Å². The lowest BCUT2D eigenvalue weighted by atomic mass is 9.91. The van der Waals surface area contributed by atoms with E-state index >= 15 is 4.39 Å². The van der Waals surface area contributed by atoms with Gasteiger partial charge in [-0.05, 0) is 47.9 Å². The molecule has 3 aliphatic rings. The quantitative estimate of drug-likeness (QED) is 0.310. The second-order valence-electron chi connectivity index (χ2n) is 10.5. The summed E-state index contributed by atoms with van der Waals surface area (Å²) >= 11 is 0. The molecule has 4 N–H and O–H groups in total. The van der Waals surface area contributed by atoms with Crippen molar-refractivity contribution in [2.45, 2.75) is 37.9 Å². The summed E-state index contributed by atoms with van der Waals surface area (Å²) in [5.41, 5.74) is 9.75. The summed E-state index contributed by atoms with van der Waals surface area (Å²) in [5, 5.41) is 5.28. The van der Waals surface area contributed by atoms with Crippen LogP contribution in [-0.2, 0) is 22.7 Å². The van der Waals surface area contributed by atoms with Gasteiger partial charge in [0.15, 0.2) is 0 Å². The molecule has 0 spiro atoms. The number of nitrogens with zero attached hydrogens (tertiary/aromatic N) is 2. The van der Waals surface area contributed by atoms with Crippen LogP contribution in [0.3, 0.4) is 0 Å². The minimum Gasteiger partial charge on any atom is -0.399 e. The first-order chi connectivity index (χ1) is 19.3. The molecule has 4 amide bonds. The largest absolute Gasteiger partial charge is 0.399 e. The lowest BCUT2D eigenvalue weighted by Gasteiger charge is -2.39. The van der Waals surface area contributed by atoms with Crippen LogP contribution >= 0.6 is 0 Å². The van der Waals surface area contributed by atoms with Gasteiger partial charge in [-0.25, -0.2) is 4.39 Å². The van der Waals surface area contributed by atoms with E-state index < -0.39 is 29.7 Å². The fraction of sp³-hybridized carbons (Fsp3) is 0.267. The van der Waals surface area contributed by atoms with Gasteiger partial charge in [-0.3, -0.25) is 34.3 Å². The number of fused-ring (bicyclic) bond motifs is 1. The van der Waals surface area contributed by atoms with Gasteiger partial charge in [-0.15, -0.1) is 0 Å². The summed E-state index contributed by atoms with van der Waals surface area (Å²) < 4.78 is 15.0. The van der Waals surface area contributed by atoms with Crippen LogP contribution in [0.2, 0.25) is 0 Å². The number of amides is 4. The van der Waals surface area contributed by atoms with Crippen molar-refractivity contribution in [3.05, 3.63) is 94.3 Å². The monoisotopic (exact) mass is 541 g/mol. The van der Waals surface area contributed by atoms with Gasteiger partial charge in [-0.1, -0.05) is 30.3 Å². The minimum atomic E-state index is -1.05. The van der Waals surface area contributed by atoms with Crippen LogP contribution in [0.5, 0.6) is 0 Å². The molecule has 3 aliphatic heterocycles. The molecule has 0 radical (unpaired) electrons. The number of halogens is 1. The van der Waals surface area contributed by atoms with E-state index in [0.717, 1.165) is 29.2 Å². The zero-order chi connectivity index (χ0) is 28.0. The third-order valence-corrected chi connectivity index (χ3v) is 7.83. The normalized spacial score (nSPS) is 19.4. The fourth-order valence-corrected chi connectivity index (χ4v) is 5.62. The lowest BCUT2D eigenvalue weighted by molar-refractivity contribution is -0.136. The Balaban J connectivity index is 1.09. The number of hydrogen-bond acceptors (Lipinski definition) is 7. The van der Waals surface area contributed by atoms with Crippen molar-refractivity contribution in [3.8, 4) is 0 Å². The van der Waals surface area contributed by atoms with Gasteiger partial charge in [-0.2, -0.15) is 0 Å². The summed E-state index contributed by atoms with van der Waals surface area (Å²) in [5.74, 6) is -2.21. The van der Waals surface area contributed by atoms with E-state index in [1.807, 2.05) is 18.2 Å². The van der Waals surface area contributed by atoms with Crippen LogP contribution in [0.25, 0.3) is 0 Å². The molecule has 0 aromatic heterocycles. The second kappa shape index (κ2) is 10.2. The van der Waals surface area contributed by atoms with Gasteiger partial charge in [0.25, 0.3) is 11.8 Å². The van der Waals surface area contributed by atoms with E-state index in [2.05, 4.69) is 27.7 Å². The van der Waals surface area contributed by atoms with Crippen molar-refractivity contribution in [2.24, 2.45) is 0 Å². The zero-order valence-corrected chi connectivity index (χ0v) is 21.7. The molecule has 10 heteroatoms. The third-order valence-electron chi connectivity index (χ3n) is 7.83. The van der Waals surface area contributed by atoms with Gasteiger partial charge < -0.3 is 11.1 Å². The zero-order valence-electron chi connectivity index (χ0n) is 21.7. The number of nitrogen functional groups attached to an aromatic ring is 1.